The highest BCUT2D eigenvalue weighted by molar-refractivity contribution is 9.10. The topological polar surface area (TPSA) is 42.0 Å². The molecule has 0 fully saturated rings. The van der Waals surface area contributed by atoms with Gasteiger partial charge in [-0.2, -0.15) is 0 Å². The molecule has 0 spiro atoms. The fourth-order valence-corrected chi connectivity index (χ4v) is 4.17. The summed E-state index contributed by atoms with van der Waals surface area (Å²) in [5.41, 5.74) is 4.11. The molecule has 0 aliphatic heterocycles. The zero-order valence-corrected chi connectivity index (χ0v) is 18.4. The predicted molar refractivity (Wildman–Crippen MR) is 124 cm³/mol. The summed E-state index contributed by atoms with van der Waals surface area (Å²) in [6.07, 6.45) is 0. The maximum Gasteiger partial charge on any atom is 0.256 e. The van der Waals surface area contributed by atoms with E-state index < -0.39 is 0 Å². The average molecular weight is 486 g/mol. The number of hydrogen-bond acceptors (Lipinski definition) is 2. The quantitative estimate of drug-likeness (QED) is 0.325. The van der Waals surface area contributed by atoms with Crippen LogP contribution in [0, 0.1) is 6.92 Å². The normalized spacial score (nSPS) is 10.9. The van der Waals surface area contributed by atoms with Gasteiger partial charge in [0.05, 0.1) is 27.5 Å². The van der Waals surface area contributed by atoms with Gasteiger partial charge in [0.25, 0.3) is 5.91 Å². The summed E-state index contributed by atoms with van der Waals surface area (Å²) in [7, 11) is 0. The van der Waals surface area contributed by atoms with Gasteiger partial charge in [0, 0.05) is 20.4 Å². The number of carbonyl (C=O) groups is 1. The number of benzene rings is 3. The Balaban J connectivity index is 1.92. The second-order valence-corrected chi connectivity index (χ2v) is 8.23. The minimum Gasteiger partial charge on any atom is -0.321 e. The fourth-order valence-electron chi connectivity index (χ4n) is 3.29. The van der Waals surface area contributed by atoms with Gasteiger partial charge >= 0.3 is 0 Å². The Labute approximate surface area is 186 Å². The maximum absolute atomic E-state index is 13.3. The van der Waals surface area contributed by atoms with Crippen LogP contribution in [0.2, 0.25) is 10.0 Å². The molecule has 4 rings (SSSR count). The van der Waals surface area contributed by atoms with E-state index in [9.17, 15) is 4.79 Å². The van der Waals surface area contributed by atoms with Gasteiger partial charge in [0.1, 0.15) is 0 Å². The molecule has 0 aliphatic carbocycles. The van der Waals surface area contributed by atoms with Gasteiger partial charge in [-0.25, -0.2) is 4.98 Å². The van der Waals surface area contributed by atoms with Gasteiger partial charge in [0.2, 0.25) is 0 Å². The van der Waals surface area contributed by atoms with Crippen molar-refractivity contribution in [1.29, 1.82) is 0 Å². The molecule has 1 heterocycles. The van der Waals surface area contributed by atoms with Crippen molar-refractivity contribution in [1.82, 2.24) is 4.98 Å². The molecule has 0 aliphatic rings. The lowest BCUT2D eigenvalue weighted by molar-refractivity contribution is 0.102. The van der Waals surface area contributed by atoms with Gasteiger partial charge in [-0.3, -0.25) is 4.79 Å². The monoisotopic (exact) mass is 484 g/mol. The van der Waals surface area contributed by atoms with Gasteiger partial charge in [-0.1, -0.05) is 53.5 Å². The van der Waals surface area contributed by atoms with Crippen LogP contribution < -0.4 is 5.32 Å². The number of para-hydroxylation sites is 2. The van der Waals surface area contributed by atoms with Crippen molar-refractivity contribution < 1.29 is 4.79 Å². The molecule has 29 heavy (non-hydrogen) atoms. The summed E-state index contributed by atoms with van der Waals surface area (Å²) < 4.78 is 0.810. The van der Waals surface area contributed by atoms with E-state index >= 15 is 0 Å². The lowest BCUT2D eigenvalue weighted by atomic mass is 9.97. The second-order valence-electron chi connectivity index (χ2n) is 6.54. The molecule has 1 N–H and O–H groups in total. The number of anilines is 1. The molecule has 0 unspecified atom stereocenters. The van der Waals surface area contributed by atoms with Crippen molar-refractivity contribution in [2.24, 2.45) is 0 Å². The molecule has 0 saturated heterocycles. The molecular formula is C23H15BrCl2N2O. The molecule has 1 amide bonds. The molecule has 6 heteroatoms. The van der Waals surface area contributed by atoms with Gasteiger partial charge in [-0.15, -0.1) is 0 Å². The number of carbonyl (C=O) groups excluding carboxylic acids is 1. The summed E-state index contributed by atoms with van der Waals surface area (Å²) in [5, 5.41) is 4.81. The number of nitrogens with zero attached hydrogens (tertiary/aromatic N) is 1. The van der Waals surface area contributed by atoms with Gasteiger partial charge in [-0.05, 0) is 64.8 Å². The Bertz CT molecular complexity index is 1260. The van der Waals surface area contributed by atoms with Gasteiger partial charge < -0.3 is 5.32 Å². The third kappa shape index (κ3) is 3.88. The Morgan fingerprint density at radius 2 is 1.72 bits per heavy atom. The number of hydrogen-bond donors (Lipinski definition) is 1. The van der Waals surface area contributed by atoms with Crippen molar-refractivity contribution in [2.45, 2.75) is 6.92 Å². The first-order chi connectivity index (χ1) is 14.0. The Hall–Kier alpha value is -2.40. The molecule has 4 aromatic rings. The van der Waals surface area contributed by atoms with Crippen molar-refractivity contribution in [3.05, 3.63) is 92.4 Å². The molecular weight excluding hydrogens is 471 g/mol. The van der Waals surface area contributed by atoms with E-state index in [4.69, 9.17) is 28.2 Å². The lowest BCUT2D eigenvalue weighted by Gasteiger charge is -2.16. The van der Waals surface area contributed by atoms with Crippen LogP contribution in [0.1, 0.15) is 15.9 Å². The summed E-state index contributed by atoms with van der Waals surface area (Å²) in [4.78, 5) is 18.1. The Morgan fingerprint density at radius 3 is 2.48 bits per heavy atom. The first-order valence-electron chi connectivity index (χ1n) is 8.86. The highest BCUT2D eigenvalue weighted by Gasteiger charge is 2.20. The fraction of sp³-hybridized carbons (Fsp3) is 0.0435. The largest absolute Gasteiger partial charge is 0.321 e. The van der Waals surface area contributed by atoms with Crippen LogP contribution in [0.3, 0.4) is 0 Å². The molecule has 3 aromatic carbocycles. The van der Waals surface area contributed by atoms with E-state index in [1.54, 1.807) is 12.1 Å². The number of pyridine rings is 1. The van der Waals surface area contributed by atoms with E-state index in [0.717, 1.165) is 26.5 Å². The molecule has 1 aromatic heterocycles. The Morgan fingerprint density at radius 1 is 1.00 bits per heavy atom. The third-order valence-electron chi connectivity index (χ3n) is 4.67. The maximum atomic E-state index is 13.3. The van der Waals surface area contributed by atoms with Crippen molar-refractivity contribution in [3.8, 4) is 11.3 Å². The number of rotatable bonds is 3. The van der Waals surface area contributed by atoms with Crippen molar-refractivity contribution in [3.63, 3.8) is 0 Å². The van der Waals surface area contributed by atoms with Crippen LogP contribution in [0.5, 0.6) is 0 Å². The zero-order chi connectivity index (χ0) is 20.5. The average Bonchev–Trinajstić information content (AvgIpc) is 2.69. The molecule has 144 valence electrons. The molecule has 0 bridgehead atoms. The second kappa shape index (κ2) is 8.15. The molecule has 0 radical (unpaired) electrons. The molecule has 0 atom stereocenters. The van der Waals surface area contributed by atoms with Crippen LogP contribution in [0.4, 0.5) is 5.69 Å². The molecule has 0 saturated carbocycles. The Kier molecular flexibility index (Phi) is 5.59. The summed E-state index contributed by atoms with van der Waals surface area (Å²) >= 11 is 16.0. The van der Waals surface area contributed by atoms with Crippen LogP contribution in [0.25, 0.3) is 22.2 Å². The number of aromatic nitrogens is 1. The number of halogens is 3. The molecule has 3 nitrogen and oxygen atoms in total. The van der Waals surface area contributed by atoms with Crippen LogP contribution in [-0.2, 0) is 0 Å². The number of nitrogens with one attached hydrogen (secondary N) is 1. The first kappa shape index (κ1) is 19.9. The zero-order valence-electron chi connectivity index (χ0n) is 15.3. The van der Waals surface area contributed by atoms with Gasteiger partial charge in [0.15, 0.2) is 0 Å². The summed E-state index contributed by atoms with van der Waals surface area (Å²) in [6.45, 7) is 1.88. The standard InChI is InChI=1S/C23H15BrCl2N2O/c1-13-21(23(29)28-20-9-5-3-7-17(20)24)16-6-2-4-8-19(16)27-22(13)15-11-10-14(25)12-18(15)26/h2-12H,1H3,(H,28,29). The smallest absolute Gasteiger partial charge is 0.256 e. The predicted octanol–water partition coefficient (Wildman–Crippen LogP) is 7.53. The minimum atomic E-state index is -0.209. The first-order valence-corrected chi connectivity index (χ1v) is 10.4. The minimum absolute atomic E-state index is 0.209. The highest BCUT2D eigenvalue weighted by Crippen LogP contribution is 2.35. The van der Waals surface area contributed by atoms with Crippen molar-refractivity contribution >= 4 is 61.6 Å². The number of amides is 1. The SMILES string of the molecule is Cc1c(-c2ccc(Cl)cc2Cl)nc2ccccc2c1C(=O)Nc1ccccc1Br. The van der Waals surface area contributed by atoms with E-state index in [2.05, 4.69) is 21.2 Å². The van der Waals surface area contributed by atoms with E-state index in [-0.39, 0.29) is 5.91 Å². The number of fused-ring (bicyclic) bond motifs is 1. The van der Waals surface area contributed by atoms with E-state index in [1.807, 2.05) is 61.5 Å². The van der Waals surface area contributed by atoms with Crippen molar-refractivity contribution in [2.75, 3.05) is 5.32 Å². The third-order valence-corrected chi connectivity index (χ3v) is 5.91. The van der Waals surface area contributed by atoms with Crippen LogP contribution in [0.15, 0.2) is 71.2 Å². The van der Waals surface area contributed by atoms with Crippen LogP contribution >= 0.6 is 39.1 Å². The van der Waals surface area contributed by atoms with E-state index in [0.29, 0.717) is 27.0 Å². The summed E-state index contributed by atoms with van der Waals surface area (Å²) in [6, 6.07) is 20.3. The highest BCUT2D eigenvalue weighted by atomic mass is 79.9. The summed E-state index contributed by atoms with van der Waals surface area (Å²) in [5.74, 6) is -0.209. The lowest BCUT2D eigenvalue weighted by Crippen LogP contribution is -2.15. The van der Waals surface area contributed by atoms with E-state index in [1.165, 1.54) is 0 Å². The van der Waals surface area contributed by atoms with Crippen LogP contribution in [-0.4, -0.2) is 10.9 Å².